The monoisotopic (exact) mass is 294 g/mol. The molecule has 1 aromatic heterocycles. The summed E-state index contributed by atoms with van der Waals surface area (Å²) in [4.78, 5) is 15.2. The summed E-state index contributed by atoms with van der Waals surface area (Å²) in [5, 5.41) is 1.92. The van der Waals surface area contributed by atoms with Crippen molar-refractivity contribution in [2.45, 2.75) is 13.3 Å². The van der Waals surface area contributed by atoms with Crippen LogP contribution >= 0.6 is 0 Å². The van der Waals surface area contributed by atoms with Gasteiger partial charge in [0.05, 0.1) is 12.1 Å². The van der Waals surface area contributed by atoms with Gasteiger partial charge in [0.25, 0.3) is 0 Å². The molecule has 2 aromatic carbocycles. The molecule has 0 spiro atoms. The van der Waals surface area contributed by atoms with E-state index in [1.54, 1.807) is 12.3 Å². The van der Waals surface area contributed by atoms with E-state index in [1.165, 1.54) is 12.1 Å². The molecule has 0 radical (unpaired) electrons. The van der Waals surface area contributed by atoms with Crippen molar-refractivity contribution in [1.82, 2.24) is 4.98 Å². The molecule has 3 rings (SSSR count). The molecule has 0 fully saturated rings. The van der Waals surface area contributed by atoms with Crippen LogP contribution in [0.25, 0.3) is 21.9 Å². The van der Waals surface area contributed by atoms with Gasteiger partial charge in [-0.05, 0) is 53.3 Å². The number of benzene rings is 2. The summed E-state index contributed by atoms with van der Waals surface area (Å²) in [6.45, 7) is 1.95. The molecule has 0 saturated carbocycles. The van der Waals surface area contributed by atoms with Crippen molar-refractivity contribution in [2.75, 3.05) is 0 Å². The third-order valence-corrected chi connectivity index (χ3v) is 3.64. The van der Waals surface area contributed by atoms with Gasteiger partial charge in [0.1, 0.15) is 5.82 Å². The van der Waals surface area contributed by atoms with Gasteiger partial charge in [-0.1, -0.05) is 18.2 Å². The molecule has 22 heavy (non-hydrogen) atoms. The number of carbonyl (C=O) groups excluding carboxylic acids is 1. The number of aryl methyl sites for hydroxylation is 1. The van der Waals surface area contributed by atoms with E-state index in [0.717, 1.165) is 27.5 Å². The zero-order valence-electron chi connectivity index (χ0n) is 12.1. The van der Waals surface area contributed by atoms with Crippen molar-refractivity contribution in [3.05, 3.63) is 65.7 Å². The van der Waals surface area contributed by atoms with E-state index in [4.69, 9.17) is 5.73 Å². The van der Waals surface area contributed by atoms with E-state index in [2.05, 4.69) is 4.98 Å². The lowest BCUT2D eigenvalue weighted by Crippen LogP contribution is -2.14. The molecule has 0 aliphatic heterocycles. The molecule has 3 nitrogen and oxygen atoms in total. The van der Waals surface area contributed by atoms with Crippen molar-refractivity contribution in [3.63, 3.8) is 0 Å². The number of hydrogen-bond donors (Lipinski definition) is 1. The number of nitrogens with two attached hydrogens (primary N) is 1. The van der Waals surface area contributed by atoms with Gasteiger partial charge in [-0.2, -0.15) is 0 Å². The molecule has 0 atom stereocenters. The van der Waals surface area contributed by atoms with Crippen LogP contribution in [0.4, 0.5) is 4.39 Å². The van der Waals surface area contributed by atoms with Gasteiger partial charge in [-0.15, -0.1) is 0 Å². The Balaban J connectivity index is 2.06. The quantitative estimate of drug-likeness (QED) is 0.805. The normalized spacial score (nSPS) is 10.8. The Morgan fingerprint density at radius 1 is 1.14 bits per heavy atom. The maximum atomic E-state index is 13.5. The molecular formula is C18H15FN2O. The number of halogens is 1. The number of hydrogen-bond acceptors (Lipinski definition) is 2. The summed E-state index contributed by atoms with van der Waals surface area (Å²) in [6, 6.07) is 12.5. The van der Waals surface area contributed by atoms with Crippen LogP contribution in [0.2, 0.25) is 0 Å². The largest absolute Gasteiger partial charge is 0.369 e. The molecular weight excluding hydrogens is 279 g/mol. The minimum absolute atomic E-state index is 0.126. The van der Waals surface area contributed by atoms with Crippen molar-refractivity contribution in [3.8, 4) is 11.1 Å². The summed E-state index contributed by atoms with van der Waals surface area (Å²) >= 11 is 0. The molecule has 1 amide bonds. The lowest BCUT2D eigenvalue weighted by Gasteiger charge is -2.08. The van der Waals surface area contributed by atoms with Gasteiger partial charge in [-0.3, -0.25) is 9.78 Å². The molecule has 0 unspecified atom stereocenters. The average molecular weight is 294 g/mol. The summed E-state index contributed by atoms with van der Waals surface area (Å²) in [6.07, 6.45) is 1.84. The number of rotatable bonds is 3. The first-order chi connectivity index (χ1) is 10.5. The summed E-state index contributed by atoms with van der Waals surface area (Å²) in [5.41, 5.74) is 8.65. The summed E-state index contributed by atoms with van der Waals surface area (Å²) < 4.78 is 13.5. The molecule has 4 heteroatoms. The molecule has 1 heterocycles. The maximum absolute atomic E-state index is 13.5. The third kappa shape index (κ3) is 2.81. The van der Waals surface area contributed by atoms with E-state index < -0.39 is 5.91 Å². The standard InChI is InChI=1S/C18H15FN2O/c1-11-2-5-15(19)8-17(11)13-4-3-12-7-16(9-18(20)22)21-10-14(12)6-13/h2-8,10H,9H2,1H3,(H2,20,22). The number of carbonyl (C=O) groups is 1. The predicted octanol–water partition coefficient (Wildman–Crippen LogP) is 3.38. The molecule has 110 valence electrons. The lowest BCUT2D eigenvalue weighted by molar-refractivity contribution is -0.117. The van der Waals surface area contributed by atoms with Gasteiger partial charge < -0.3 is 5.73 Å². The predicted molar refractivity (Wildman–Crippen MR) is 84.8 cm³/mol. The molecule has 0 bridgehead atoms. The van der Waals surface area contributed by atoms with E-state index in [-0.39, 0.29) is 12.2 Å². The molecule has 3 aromatic rings. The summed E-state index contributed by atoms with van der Waals surface area (Å²) in [7, 11) is 0. The fraction of sp³-hybridized carbons (Fsp3) is 0.111. The lowest BCUT2D eigenvalue weighted by atomic mass is 9.98. The number of primary amides is 1. The number of aromatic nitrogens is 1. The van der Waals surface area contributed by atoms with Crippen LogP contribution < -0.4 is 5.73 Å². The average Bonchev–Trinajstić information content (AvgIpc) is 2.48. The van der Waals surface area contributed by atoms with Gasteiger partial charge in [0, 0.05) is 11.6 Å². The Morgan fingerprint density at radius 3 is 2.73 bits per heavy atom. The smallest absolute Gasteiger partial charge is 0.223 e. The Hall–Kier alpha value is -2.75. The van der Waals surface area contributed by atoms with Crippen molar-refractivity contribution in [2.24, 2.45) is 5.73 Å². The second-order valence-electron chi connectivity index (χ2n) is 5.34. The molecule has 0 aliphatic carbocycles. The Bertz CT molecular complexity index is 874. The van der Waals surface area contributed by atoms with Crippen LogP contribution in [0, 0.1) is 12.7 Å². The minimum atomic E-state index is -0.404. The van der Waals surface area contributed by atoms with Gasteiger partial charge in [0.2, 0.25) is 5.91 Å². The van der Waals surface area contributed by atoms with Gasteiger partial charge in [0.15, 0.2) is 0 Å². The molecule has 0 saturated heterocycles. The highest BCUT2D eigenvalue weighted by Crippen LogP contribution is 2.27. The number of nitrogens with zero attached hydrogens (tertiary/aromatic N) is 1. The zero-order chi connectivity index (χ0) is 15.7. The first-order valence-electron chi connectivity index (χ1n) is 6.96. The fourth-order valence-corrected chi connectivity index (χ4v) is 2.54. The van der Waals surface area contributed by atoms with Gasteiger partial charge >= 0.3 is 0 Å². The minimum Gasteiger partial charge on any atom is -0.369 e. The van der Waals surface area contributed by atoms with Crippen molar-refractivity contribution in [1.29, 1.82) is 0 Å². The molecule has 0 aliphatic rings. The Kier molecular flexibility index (Phi) is 3.59. The summed E-state index contributed by atoms with van der Waals surface area (Å²) in [5.74, 6) is -0.658. The first kappa shape index (κ1) is 14.2. The van der Waals surface area contributed by atoms with Crippen molar-refractivity contribution >= 4 is 16.7 Å². The van der Waals surface area contributed by atoms with Gasteiger partial charge in [-0.25, -0.2) is 4.39 Å². The number of amides is 1. The zero-order valence-corrected chi connectivity index (χ0v) is 12.1. The van der Waals surface area contributed by atoms with E-state index >= 15 is 0 Å². The fourth-order valence-electron chi connectivity index (χ4n) is 2.54. The molecule has 2 N–H and O–H groups in total. The highest BCUT2D eigenvalue weighted by Gasteiger charge is 2.06. The van der Waals surface area contributed by atoms with Crippen LogP contribution in [0.5, 0.6) is 0 Å². The van der Waals surface area contributed by atoms with Crippen LogP contribution in [0.15, 0.2) is 48.7 Å². The van der Waals surface area contributed by atoms with Crippen LogP contribution in [0.3, 0.4) is 0 Å². The number of fused-ring (bicyclic) bond motifs is 1. The number of pyridine rings is 1. The second-order valence-corrected chi connectivity index (χ2v) is 5.34. The van der Waals surface area contributed by atoms with E-state index in [0.29, 0.717) is 5.69 Å². The van der Waals surface area contributed by atoms with Crippen molar-refractivity contribution < 1.29 is 9.18 Å². The topological polar surface area (TPSA) is 56.0 Å². The SMILES string of the molecule is Cc1ccc(F)cc1-c1ccc2cc(CC(N)=O)ncc2c1. The van der Waals surface area contributed by atoms with E-state index in [9.17, 15) is 9.18 Å². The maximum Gasteiger partial charge on any atom is 0.223 e. The van der Waals surface area contributed by atoms with E-state index in [1.807, 2.05) is 31.2 Å². The van der Waals surface area contributed by atoms with Crippen LogP contribution in [0.1, 0.15) is 11.3 Å². The second kappa shape index (κ2) is 5.56. The third-order valence-electron chi connectivity index (χ3n) is 3.64. The van der Waals surface area contributed by atoms with Crippen LogP contribution in [-0.4, -0.2) is 10.9 Å². The Morgan fingerprint density at radius 2 is 1.95 bits per heavy atom. The highest BCUT2D eigenvalue weighted by molar-refractivity contribution is 5.88. The highest BCUT2D eigenvalue weighted by atomic mass is 19.1. The Labute approximate surface area is 127 Å². The first-order valence-corrected chi connectivity index (χ1v) is 6.96. The van der Waals surface area contributed by atoms with Crippen LogP contribution in [-0.2, 0) is 11.2 Å².